The third-order valence-corrected chi connectivity index (χ3v) is 3.79. The summed E-state index contributed by atoms with van der Waals surface area (Å²) in [5.41, 5.74) is 2.14. The highest BCUT2D eigenvalue weighted by molar-refractivity contribution is 5.89. The van der Waals surface area contributed by atoms with E-state index in [1.165, 1.54) is 0 Å². The second kappa shape index (κ2) is 8.05. The predicted molar refractivity (Wildman–Crippen MR) is 89.9 cm³/mol. The number of halogens is 2. The van der Waals surface area contributed by atoms with E-state index in [0.717, 1.165) is 12.0 Å². The Balaban J connectivity index is 1.59. The van der Waals surface area contributed by atoms with Crippen LogP contribution in [0.4, 0.5) is 19.3 Å². The van der Waals surface area contributed by atoms with Gasteiger partial charge in [-0.1, -0.05) is 11.2 Å². The lowest BCUT2D eigenvalue weighted by Crippen LogP contribution is -2.34. The number of aromatic nitrogens is 2. The summed E-state index contributed by atoms with van der Waals surface area (Å²) < 4.78 is 34.8. The fourth-order valence-corrected chi connectivity index (χ4v) is 2.46. The van der Waals surface area contributed by atoms with Crippen LogP contribution >= 0.6 is 0 Å². The summed E-state index contributed by atoms with van der Waals surface area (Å²) in [6.07, 6.45) is 0.131. The van der Waals surface area contributed by atoms with Gasteiger partial charge < -0.3 is 19.5 Å². The minimum absolute atomic E-state index is 0.0690. The Labute approximate surface area is 148 Å². The van der Waals surface area contributed by atoms with Crippen molar-refractivity contribution in [1.29, 1.82) is 0 Å². The second-order valence-electron chi connectivity index (χ2n) is 5.82. The summed E-state index contributed by atoms with van der Waals surface area (Å²) >= 11 is 0. The molecule has 0 aliphatic carbocycles. The number of anilines is 1. The van der Waals surface area contributed by atoms with Crippen molar-refractivity contribution in [1.82, 2.24) is 15.0 Å². The molecular weight excluding hydrogens is 346 g/mol. The molecule has 26 heavy (non-hydrogen) atoms. The van der Waals surface area contributed by atoms with E-state index in [2.05, 4.69) is 26.1 Å². The van der Waals surface area contributed by atoms with Gasteiger partial charge in [-0.2, -0.15) is 13.8 Å². The Bertz CT molecular complexity index is 790. The Kier molecular flexibility index (Phi) is 5.57. The van der Waals surface area contributed by atoms with Gasteiger partial charge in [-0.3, -0.25) is 0 Å². The zero-order valence-electron chi connectivity index (χ0n) is 14.1. The first kappa shape index (κ1) is 18.0. The van der Waals surface area contributed by atoms with Crippen molar-refractivity contribution in [2.24, 2.45) is 0 Å². The molecule has 0 saturated carbocycles. The highest BCUT2D eigenvalue weighted by Gasteiger charge is 2.17. The number of alkyl halides is 2. The Morgan fingerprint density at radius 3 is 2.73 bits per heavy atom. The average Bonchev–Trinajstić information content (AvgIpc) is 3.13. The lowest BCUT2D eigenvalue weighted by atomic mass is 10.2. The first-order valence-corrected chi connectivity index (χ1v) is 8.03. The number of nitrogens with zero attached hydrogens (tertiary/aromatic N) is 3. The Morgan fingerprint density at radius 2 is 2.12 bits per heavy atom. The van der Waals surface area contributed by atoms with Crippen LogP contribution in [0.1, 0.15) is 18.7 Å². The standard InChI is InChI=1S/C17H18F2N4O3/c1-23(9-11-3-2-8-25-10-11)17(24)20-13-6-4-12(5-7-13)15-21-16(14(18)19)26-22-15/h3-7,14H,2,8-10H2,1H3,(H,20,24). The van der Waals surface area contributed by atoms with E-state index in [1.54, 1.807) is 36.2 Å². The molecule has 1 aliphatic rings. The maximum atomic E-state index is 12.5. The van der Waals surface area contributed by atoms with Crippen LogP contribution in [0.25, 0.3) is 11.4 Å². The lowest BCUT2D eigenvalue weighted by Gasteiger charge is -2.21. The quantitative estimate of drug-likeness (QED) is 0.822. The third kappa shape index (κ3) is 4.42. The molecule has 138 valence electrons. The minimum atomic E-state index is -2.81. The maximum absolute atomic E-state index is 12.5. The number of carbonyl (C=O) groups excluding carboxylic acids is 1. The van der Waals surface area contributed by atoms with Crippen LogP contribution in [0.15, 0.2) is 40.4 Å². The van der Waals surface area contributed by atoms with Crippen LogP contribution in [0.5, 0.6) is 0 Å². The van der Waals surface area contributed by atoms with Gasteiger partial charge in [-0.25, -0.2) is 4.79 Å². The van der Waals surface area contributed by atoms with Crippen molar-refractivity contribution >= 4 is 11.7 Å². The first-order valence-electron chi connectivity index (χ1n) is 8.03. The average molecular weight is 364 g/mol. The van der Waals surface area contributed by atoms with Gasteiger partial charge in [0.15, 0.2) is 0 Å². The van der Waals surface area contributed by atoms with Crippen LogP contribution in [0.3, 0.4) is 0 Å². The number of ether oxygens (including phenoxy) is 1. The largest absolute Gasteiger partial charge is 0.377 e. The molecule has 0 radical (unpaired) electrons. The van der Waals surface area contributed by atoms with Crippen molar-refractivity contribution < 1.29 is 22.8 Å². The molecule has 2 aromatic rings. The second-order valence-corrected chi connectivity index (χ2v) is 5.82. The fourth-order valence-electron chi connectivity index (χ4n) is 2.46. The molecule has 0 spiro atoms. The molecule has 0 saturated heterocycles. The van der Waals surface area contributed by atoms with E-state index < -0.39 is 12.3 Å². The normalized spacial score (nSPS) is 14.2. The van der Waals surface area contributed by atoms with Crippen molar-refractivity contribution in [3.05, 3.63) is 41.8 Å². The van der Waals surface area contributed by atoms with Gasteiger partial charge in [-0.15, -0.1) is 0 Å². The van der Waals surface area contributed by atoms with Crippen LogP contribution in [-0.2, 0) is 4.74 Å². The molecule has 7 nitrogen and oxygen atoms in total. The molecule has 0 bridgehead atoms. The number of amides is 2. The first-order chi connectivity index (χ1) is 12.5. The predicted octanol–water partition coefficient (Wildman–Crippen LogP) is 3.48. The van der Waals surface area contributed by atoms with Gasteiger partial charge in [-0.05, 0) is 36.3 Å². The van der Waals surface area contributed by atoms with Crippen LogP contribution in [0.2, 0.25) is 0 Å². The van der Waals surface area contributed by atoms with Gasteiger partial charge in [0.1, 0.15) is 0 Å². The third-order valence-electron chi connectivity index (χ3n) is 3.79. The number of benzene rings is 1. The molecule has 0 unspecified atom stereocenters. The highest BCUT2D eigenvalue weighted by Crippen LogP contribution is 2.22. The molecule has 0 fully saturated rings. The van der Waals surface area contributed by atoms with Crippen LogP contribution < -0.4 is 5.32 Å². The zero-order chi connectivity index (χ0) is 18.5. The smallest absolute Gasteiger partial charge is 0.321 e. The van der Waals surface area contributed by atoms with Gasteiger partial charge in [0.25, 0.3) is 5.89 Å². The molecule has 1 aromatic carbocycles. The summed E-state index contributed by atoms with van der Waals surface area (Å²) in [5.74, 6) is -0.653. The number of likely N-dealkylation sites (N-methyl/N-ethyl adjacent to an activating group) is 1. The fraction of sp³-hybridized carbons (Fsp3) is 0.353. The van der Waals surface area contributed by atoms with E-state index in [0.29, 0.717) is 31.0 Å². The molecule has 1 aliphatic heterocycles. The number of rotatable bonds is 5. The molecule has 3 rings (SSSR count). The summed E-state index contributed by atoms with van der Waals surface area (Å²) in [6, 6.07) is 6.26. The van der Waals surface area contributed by atoms with Crippen molar-refractivity contribution in [3.63, 3.8) is 0 Å². The Morgan fingerprint density at radius 1 is 1.35 bits per heavy atom. The molecule has 2 heterocycles. The summed E-state index contributed by atoms with van der Waals surface area (Å²) in [5, 5.41) is 6.28. The van der Waals surface area contributed by atoms with E-state index in [4.69, 9.17) is 4.74 Å². The highest BCUT2D eigenvalue weighted by atomic mass is 19.3. The van der Waals surface area contributed by atoms with Gasteiger partial charge >= 0.3 is 12.5 Å². The van der Waals surface area contributed by atoms with E-state index in [1.807, 2.05) is 0 Å². The topological polar surface area (TPSA) is 80.5 Å². The van der Waals surface area contributed by atoms with Crippen LogP contribution in [0, 0.1) is 0 Å². The van der Waals surface area contributed by atoms with E-state index >= 15 is 0 Å². The van der Waals surface area contributed by atoms with Gasteiger partial charge in [0.05, 0.1) is 13.2 Å². The van der Waals surface area contributed by atoms with E-state index in [9.17, 15) is 13.6 Å². The Hall–Kier alpha value is -2.81. The summed E-state index contributed by atoms with van der Waals surface area (Å²) in [7, 11) is 1.70. The molecular formula is C17H18F2N4O3. The van der Waals surface area contributed by atoms with Crippen LogP contribution in [-0.4, -0.2) is 47.9 Å². The van der Waals surface area contributed by atoms with E-state index in [-0.39, 0.29) is 11.9 Å². The summed E-state index contributed by atoms with van der Waals surface area (Å²) in [4.78, 5) is 17.4. The van der Waals surface area contributed by atoms with Gasteiger partial charge in [0, 0.05) is 24.8 Å². The number of nitrogens with one attached hydrogen (secondary N) is 1. The minimum Gasteiger partial charge on any atom is -0.377 e. The number of urea groups is 1. The van der Waals surface area contributed by atoms with Crippen molar-refractivity contribution in [2.75, 3.05) is 32.1 Å². The monoisotopic (exact) mass is 364 g/mol. The molecule has 0 atom stereocenters. The molecule has 1 N–H and O–H groups in total. The number of hydrogen-bond acceptors (Lipinski definition) is 5. The molecule has 9 heteroatoms. The van der Waals surface area contributed by atoms with Crippen molar-refractivity contribution in [2.45, 2.75) is 12.8 Å². The molecule has 2 amide bonds. The number of carbonyl (C=O) groups is 1. The lowest BCUT2D eigenvalue weighted by molar-refractivity contribution is 0.106. The summed E-state index contributed by atoms with van der Waals surface area (Å²) in [6.45, 7) is 1.74. The molecule has 1 aromatic heterocycles. The number of hydrogen-bond donors (Lipinski definition) is 1. The maximum Gasteiger partial charge on any atom is 0.321 e. The van der Waals surface area contributed by atoms with Gasteiger partial charge in [0.2, 0.25) is 5.82 Å². The van der Waals surface area contributed by atoms with Crippen molar-refractivity contribution in [3.8, 4) is 11.4 Å². The SMILES string of the molecule is CN(CC1=CCCOC1)C(=O)Nc1ccc(-c2noc(C(F)F)n2)cc1. The zero-order valence-corrected chi connectivity index (χ0v) is 14.1.